The molecule has 0 unspecified atom stereocenters. The van der Waals surface area contributed by atoms with E-state index in [2.05, 4.69) is 27.9 Å². The number of aromatic nitrogens is 1. The molecule has 32 heavy (non-hydrogen) atoms. The van der Waals surface area contributed by atoms with Gasteiger partial charge in [0, 0.05) is 48.6 Å². The highest BCUT2D eigenvalue weighted by Gasteiger charge is 2.14. The van der Waals surface area contributed by atoms with Crippen molar-refractivity contribution in [2.45, 2.75) is 38.4 Å². The molecule has 1 aromatic heterocycles. The maximum Gasteiger partial charge on any atom is 0.252 e. The first-order chi connectivity index (χ1) is 15.6. The van der Waals surface area contributed by atoms with Gasteiger partial charge in [0.15, 0.2) is 5.76 Å². The van der Waals surface area contributed by atoms with Crippen molar-refractivity contribution in [3.05, 3.63) is 65.7 Å². The number of ether oxygens (including phenoxy) is 1. The van der Waals surface area contributed by atoms with Crippen molar-refractivity contribution in [1.82, 2.24) is 15.8 Å². The summed E-state index contributed by atoms with van der Waals surface area (Å²) in [4.78, 5) is 12.3. The summed E-state index contributed by atoms with van der Waals surface area (Å²) in [6.45, 7) is 4.12. The Balaban J connectivity index is 1.42. The molecule has 0 radical (unpaired) electrons. The molecule has 164 valence electrons. The summed E-state index contributed by atoms with van der Waals surface area (Å²) >= 11 is 0. The average Bonchev–Trinajstić information content (AvgIpc) is 3.34. The van der Waals surface area contributed by atoms with Crippen LogP contribution in [0, 0.1) is 11.3 Å². The summed E-state index contributed by atoms with van der Waals surface area (Å²) in [5, 5.41) is 19.3. The normalized spacial score (nSPS) is 15.1. The molecule has 1 amide bonds. The van der Waals surface area contributed by atoms with E-state index < -0.39 is 6.04 Å². The van der Waals surface area contributed by atoms with Gasteiger partial charge in [0.1, 0.15) is 11.7 Å². The summed E-state index contributed by atoms with van der Waals surface area (Å²) in [5.41, 5.74) is 4.04. The molecular formula is C25H26N4O3. The monoisotopic (exact) mass is 430 g/mol. The largest absolute Gasteiger partial charge is 0.381 e. The molecule has 1 saturated heterocycles. The van der Waals surface area contributed by atoms with Gasteiger partial charge in [0.25, 0.3) is 5.91 Å². The molecule has 1 aliphatic heterocycles. The number of nitriles is 1. The van der Waals surface area contributed by atoms with Crippen molar-refractivity contribution in [3.8, 4) is 28.7 Å². The summed E-state index contributed by atoms with van der Waals surface area (Å²) < 4.78 is 11.0. The van der Waals surface area contributed by atoms with E-state index >= 15 is 0 Å². The Kier molecular flexibility index (Phi) is 6.95. The summed E-state index contributed by atoms with van der Waals surface area (Å²) in [7, 11) is 0. The van der Waals surface area contributed by atoms with E-state index in [1.54, 1.807) is 25.1 Å². The van der Waals surface area contributed by atoms with Crippen LogP contribution in [0.25, 0.3) is 22.6 Å². The van der Waals surface area contributed by atoms with Crippen LogP contribution in [-0.4, -0.2) is 36.4 Å². The Labute approximate surface area is 187 Å². The Morgan fingerprint density at radius 2 is 1.94 bits per heavy atom. The van der Waals surface area contributed by atoms with Gasteiger partial charge in [0.05, 0.1) is 6.07 Å². The minimum absolute atomic E-state index is 0.297. The Bertz CT molecular complexity index is 1090. The minimum atomic E-state index is -0.556. The first-order valence-electron chi connectivity index (χ1n) is 10.8. The molecular weight excluding hydrogens is 404 g/mol. The van der Waals surface area contributed by atoms with E-state index in [9.17, 15) is 4.79 Å². The quantitative estimate of drug-likeness (QED) is 0.589. The number of nitrogens with zero attached hydrogens (tertiary/aromatic N) is 2. The lowest BCUT2D eigenvalue weighted by Crippen LogP contribution is -2.34. The Hall–Kier alpha value is -3.47. The molecule has 0 spiro atoms. The maximum absolute atomic E-state index is 12.3. The van der Waals surface area contributed by atoms with E-state index in [-0.39, 0.29) is 5.91 Å². The van der Waals surface area contributed by atoms with Crippen LogP contribution in [0.2, 0.25) is 0 Å². The highest BCUT2D eigenvalue weighted by atomic mass is 16.5. The predicted octanol–water partition coefficient (Wildman–Crippen LogP) is 3.92. The number of carbonyl (C=O) groups excluding carboxylic acids is 1. The van der Waals surface area contributed by atoms with Crippen LogP contribution < -0.4 is 10.6 Å². The van der Waals surface area contributed by atoms with Gasteiger partial charge in [-0.25, -0.2) is 0 Å². The van der Waals surface area contributed by atoms with E-state index in [1.807, 2.05) is 30.3 Å². The third-order valence-electron chi connectivity index (χ3n) is 5.53. The van der Waals surface area contributed by atoms with Crippen LogP contribution in [-0.2, 0) is 11.3 Å². The van der Waals surface area contributed by atoms with Gasteiger partial charge in [-0.15, -0.1) is 0 Å². The lowest BCUT2D eigenvalue weighted by molar-refractivity contribution is 0.0776. The smallest absolute Gasteiger partial charge is 0.252 e. The molecule has 2 aromatic carbocycles. The second-order valence-corrected chi connectivity index (χ2v) is 7.95. The number of hydrogen-bond acceptors (Lipinski definition) is 6. The minimum Gasteiger partial charge on any atom is -0.381 e. The fraction of sp³-hybridized carbons (Fsp3) is 0.320. The van der Waals surface area contributed by atoms with Gasteiger partial charge in [0.2, 0.25) is 0 Å². The average molecular weight is 431 g/mol. The number of carbonyl (C=O) groups is 1. The highest BCUT2D eigenvalue weighted by Crippen LogP contribution is 2.27. The fourth-order valence-electron chi connectivity index (χ4n) is 3.63. The molecule has 2 N–H and O–H groups in total. The Morgan fingerprint density at radius 3 is 2.69 bits per heavy atom. The van der Waals surface area contributed by atoms with Crippen LogP contribution in [0.1, 0.15) is 35.7 Å². The van der Waals surface area contributed by atoms with E-state index in [0.29, 0.717) is 23.1 Å². The Morgan fingerprint density at radius 1 is 1.16 bits per heavy atom. The third kappa shape index (κ3) is 5.41. The van der Waals surface area contributed by atoms with Gasteiger partial charge >= 0.3 is 0 Å². The van der Waals surface area contributed by atoms with Crippen molar-refractivity contribution < 1.29 is 14.1 Å². The lowest BCUT2D eigenvalue weighted by atomic mass is 10.0. The fourth-order valence-corrected chi connectivity index (χ4v) is 3.63. The SMILES string of the molecule is C[C@@H](C#N)NC(=O)c1cccc(-c2cc(-c3ccc(CNC4CCOCC4)cc3)on2)c1. The van der Waals surface area contributed by atoms with Crippen LogP contribution in [0.4, 0.5) is 0 Å². The van der Waals surface area contributed by atoms with Crippen molar-refractivity contribution in [3.63, 3.8) is 0 Å². The molecule has 1 fully saturated rings. The van der Waals surface area contributed by atoms with Crippen LogP contribution in [0.5, 0.6) is 0 Å². The number of rotatable bonds is 7. The number of amides is 1. The van der Waals surface area contributed by atoms with Gasteiger partial charge in [-0.05, 0) is 37.5 Å². The van der Waals surface area contributed by atoms with Crippen LogP contribution in [0.15, 0.2) is 59.1 Å². The van der Waals surface area contributed by atoms with Crippen LogP contribution in [0.3, 0.4) is 0 Å². The van der Waals surface area contributed by atoms with Crippen molar-refractivity contribution in [1.29, 1.82) is 5.26 Å². The number of hydrogen-bond donors (Lipinski definition) is 2. The molecule has 0 bridgehead atoms. The van der Waals surface area contributed by atoms with Crippen molar-refractivity contribution in [2.75, 3.05) is 13.2 Å². The van der Waals surface area contributed by atoms with Gasteiger partial charge < -0.3 is 19.9 Å². The first kappa shape index (κ1) is 21.8. The second-order valence-electron chi connectivity index (χ2n) is 7.95. The van der Waals surface area contributed by atoms with Crippen molar-refractivity contribution in [2.24, 2.45) is 0 Å². The summed E-state index contributed by atoms with van der Waals surface area (Å²) in [6, 6.07) is 19.2. The number of nitrogens with one attached hydrogen (secondary N) is 2. The van der Waals surface area contributed by atoms with Gasteiger partial charge in [-0.1, -0.05) is 41.6 Å². The molecule has 7 heteroatoms. The van der Waals surface area contributed by atoms with E-state index in [1.165, 1.54) is 5.56 Å². The van der Waals surface area contributed by atoms with E-state index in [4.69, 9.17) is 14.5 Å². The van der Waals surface area contributed by atoms with Gasteiger partial charge in [-0.3, -0.25) is 4.79 Å². The standard InChI is InChI=1S/C25H26N4O3/c1-17(15-26)28-25(30)21-4-2-3-20(13-21)23-14-24(32-29-23)19-7-5-18(6-8-19)16-27-22-9-11-31-12-10-22/h2-8,13-14,17,22,27H,9-12,16H2,1H3,(H,28,30)/t17-/m0/s1. The van der Waals surface area contributed by atoms with Crippen LogP contribution >= 0.6 is 0 Å². The molecule has 7 nitrogen and oxygen atoms in total. The molecule has 2 heterocycles. The van der Waals surface area contributed by atoms with Gasteiger partial charge in [-0.2, -0.15) is 5.26 Å². The maximum atomic E-state index is 12.3. The zero-order valence-corrected chi connectivity index (χ0v) is 18.0. The molecule has 1 atom stereocenters. The molecule has 4 rings (SSSR count). The predicted molar refractivity (Wildman–Crippen MR) is 121 cm³/mol. The third-order valence-corrected chi connectivity index (χ3v) is 5.53. The topological polar surface area (TPSA) is 100 Å². The summed E-state index contributed by atoms with van der Waals surface area (Å²) in [6.07, 6.45) is 2.11. The zero-order chi connectivity index (χ0) is 22.3. The van der Waals surface area contributed by atoms with E-state index in [0.717, 1.165) is 43.7 Å². The van der Waals surface area contributed by atoms with Crippen molar-refractivity contribution >= 4 is 5.91 Å². The first-order valence-corrected chi connectivity index (χ1v) is 10.8. The molecule has 3 aromatic rings. The summed E-state index contributed by atoms with van der Waals surface area (Å²) in [5.74, 6) is 0.367. The second kappa shape index (κ2) is 10.2. The molecule has 0 aliphatic carbocycles. The lowest BCUT2D eigenvalue weighted by Gasteiger charge is -2.23. The zero-order valence-electron chi connectivity index (χ0n) is 18.0. The molecule has 0 saturated carbocycles. The molecule has 1 aliphatic rings. The highest BCUT2D eigenvalue weighted by molar-refractivity contribution is 5.95. The number of benzene rings is 2.